The molecule has 1 amide bonds. The quantitative estimate of drug-likeness (QED) is 0.854. The van der Waals surface area contributed by atoms with Gasteiger partial charge in [-0.15, -0.1) is 0 Å². The Labute approximate surface area is 139 Å². The summed E-state index contributed by atoms with van der Waals surface area (Å²) in [5, 5.41) is 0. The molecule has 0 spiro atoms. The first kappa shape index (κ1) is 16.2. The van der Waals surface area contributed by atoms with Crippen LogP contribution in [0.25, 0.3) is 0 Å². The molecule has 0 radical (unpaired) electrons. The van der Waals surface area contributed by atoms with Crippen molar-refractivity contribution in [3.63, 3.8) is 0 Å². The van der Waals surface area contributed by atoms with Gasteiger partial charge in [0.15, 0.2) is 0 Å². The topological polar surface area (TPSA) is 32.8 Å². The molecule has 0 aromatic heterocycles. The summed E-state index contributed by atoms with van der Waals surface area (Å²) in [5.41, 5.74) is 1.13. The first-order valence-corrected chi connectivity index (χ1v) is 8.93. The Hall–Kier alpha value is -1.71. The van der Waals surface area contributed by atoms with E-state index in [1.807, 2.05) is 18.2 Å². The number of carbonyl (C=O) groups excluding carboxylic acids is 1. The second kappa shape index (κ2) is 7.71. The van der Waals surface area contributed by atoms with Crippen LogP contribution in [0.1, 0.15) is 38.5 Å². The Kier molecular flexibility index (Phi) is 5.42. The van der Waals surface area contributed by atoms with Gasteiger partial charge in [-0.1, -0.05) is 31.4 Å². The molecule has 0 atom stereocenters. The largest absolute Gasteiger partial charge is 0.495 e. The minimum atomic E-state index is 0.358. The summed E-state index contributed by atoms with van der Waals surface area (Å²) in [6.07, 6.45) is 7.20. The predicted octanol–water partition coefficient (Wildman–Crippen LogP) is 3.31. The van der Waals surface area contributed by atoms with E-state index < -0.39 is 0 Å². The molecule has 1 aliphatic heterocycles. The molecule has 126 valence electrons. The first-order chi connectivity index (χ1) is 11.3. The molecule has 0 N–H and O–H groups in total. The highest BCUT2D eigenvalue weighted by atomic mass is 16.5. The number of ether oxygens (including phenoxy) is 1. The summed E-state index contributed by atoms with van der Waals surface area (Å²) >= 11 is 0. The van der Waals surface area contributed by atoms with Crippen molar-refractivity contribution >= 4 is 11.6 Å². The maximum Gasteiger partial charge on any atom is 0.222 e. The molecule has 4 heteroatoms. The zero-order chi connectivity index (χ0) is 16.1. The van der Waals surface area contributed by atoms with E-state index in [4.69, 9.17) is 4.74 Å². The van der Waals surface area contributed by atoms with Crippen LogP contribution in [-0.4, -0.2) is 44.1 Å². The van der Waals surface area contributed by atoms with Gasteiger partial charge in [0.1, 0.15) is 5.75 Å². The van der Waals surface area contributed by atoms with Crippen LogP contribution >= 0.6 is 0 Å². The van der Waals surface area contributed by atoms with Crippen molar-refractivity contribution in [3.8, 4) is 5.75 Å². The minimum absolute atomic E-state index is 0.358. The molecule has 1 aliphatic carbocycles. The number of methoxy groups -OCH3 is 1. The van der Waals surface area contributed by atoms with Crippen molar-refractivity contribution in [2.45, 2.75) is 38.5 Å². The fourth-order valence-electron chi connectivity index (χ4n) is 3.86. The van der Waals surface area contributed by atoms with E-state index in [-0.39, 0.29) is 0 Å². The lowest BCUT2D eigenvalue weighted by Gasteiger charge is -2.37. The van der Waals surface area contributed by atoms with Crippen LogP contribution in [0.5, 0.6) is 5.75 Å². The Bertz CT molecular complexity index is 518. The summed E-state index contributed by atoms with van der Waals surface area (Å²) in [7, 11) is 1.71. The standard InChI is InChI=1S/C19H28N2O2/c1-23-18-10-6-5-9-17(18)20-11-13-21(14-12-20)19(22)15-16-7-3-2-4-8-16/h5-6,9-10,16H,2-4,7-8,11-15H2,1H3. The van der Waals surface area contributed by atoms with E-state index in [2.05, 4.69) is 15.9 Å². The first-order valence-electron chi connectivity index (χ1n) is 8.93. The Morgan fingerprint density at radius 1 is 1.09 bits per heavy atom. The molecule has 1 saturated carbocycles. The van der Waals surface area contributed by atoms with Crippen LogP contribution in [0, 0.1) is 5.92 Å². The van der Waals surface area contributed by atoms with Crippen LogP contribution in [0.3, 0.4) is 0 Å². The second-order valence-corrected chi connectivity index (χ2v) is 6.75. The summed E-state index contributed by atoms with van der Waals surface area (Å²) in [6.45, 7) is 3.42. The third-order valence-electron chi connectivity index (χ3n) is 5.25. The van der Waals surface area contributed by atoms with Gasteiger partial charge in [-0.05, 0) is 30.9 Å². The van der Waals surface area contributed by atoms with Gasteiger partial charge in [0, 0.05) is 32.6 Å². The van der Waals surface area contributed by atoms with Gasteiger partial charge >= 0.3 is 0 Å². The van der Waals surface area contributed by atoms with Crippen LogP contribution in [0.2, 0.25) is 0 Å². The third-order valence-corrected chi connectivity index (χ3v) is 5.25. The zero-order valence-electron chi connectivity index (χ0n) is 14.2. The van der Waals surface area contributed by atoms with Gasteiger partial charge in [0.2, 0.25) is 5.91 Å². The van der Waals surface area contributed by atoms with Gasteiger partial charge in [-0.25, -0.2) is 0 Å². The normalized spacial score (nSPS) is 19.7. The number of hydrogen-bond donors (Lipinski definition) is 0. The molecule has 2 fully saturated rings. The maximum absolute atomic E-state index is 12.5. The summed E-state index contributed by atoms with van der Waals surface area (Å²) < 4.78 is 5.45. The van der Waals surface area contributed by atoms with Crippen molar-refractivity contribution in [2.75, 3.05) is 38.2 Å². The van der Waals surface area contributed by atoms with Crippen molar-refractivity contribution in [2.24, 2.45) is 5.92 Å². The van der Waals surface area contributed by atoms with Crippen molar-refractivity contribution in [1.82, 2.24) is 4.90 Å². The summed E-state index contributed by atoms with van der Waals surface area (Å²) in [4.78, 5) is 16.9. The number of para-hydroxylation sites is 2. The van der Waals surface area contributed by atoms with E-state index in [1.54, 1.807) is 7.11 Å². The summed E-state index contributed by atoms with van der Waals surface area (Å²) in [6, 6.07) is 8.12. The molecule has 1 saturated heterocycles. The number of rotatable bonds is 4. The molecule has 0 unspecified atom stereocenters. The number of hydrogen-bond acceptors (Lipinski definition) is 3. The van der Waals surface area contributed by atoms with Gasteiger partial charge in [0.25, 0.3) is 0 Å². The van der Waals surface area contributed by atoms with Gasteiger partial charge in [0.05, 0.1) is 12.8 Å². The fourth-order valence-corrected chi connectivity index (χ4v) is 3.86. The Morgan fingerprint density at radius 3 is 2.48 bits per heavy atom. The van der Waals surface area contributed by atoms with Crippen molar-refractivity contribution in [1.29, 1.82) is 0 Å². The number of piperazine rings is 1. The number of benzene rings is 1. The highest BCUT2D eigenvalue weighted by Crippen LogP contribution is 2.29. The monoisotopic (exact) mass is 316 g/mol. The van der Waals surface area contributed by atoms with Crippen LogP contribution < -0.4 is 9.64 Å². The lowest BCUT2D eigenvalue weighted by Crippen LogP contribution is -2.49. The molecule has 3 rings (SSSR count). The highest BCUT2D eigenvalue weighted by molar-refractivity contribution is 5.77. The highest BCUT2D eigenvalue weighted by Gasteiger charge is 2.25. The lowest BCUT2D eigenvalue weighted by atomic mass is 9.86. The predicted molar refractivity (Wildman–Crippen MR) is 93.0 cm³/mol. The van der Waals surface area contributed by atoms with Crippen LogP contribution in [0.15, 0.2) is 24.3 Å². The molecular weight excluding hydrogens is 288 g/mol. The van der Waals surface area contributed by atoms with E-state index >= 15 is 0 Å². The Morgan fingerprint density at radius 2 is 1.78 bits per heavy atom. The minimum Gasteiger partial charge on any atom is -0.495 e. The van der Waals surface area contributed by atoms with E-state index in [0.717, 1.165) is 44.0 Å². The molecular formula is C19H28N2O2. The molecule has 1 aromatic rings. The smallest absolute Gasteiger partial charge is 0.222 e. The lowest BCUT2D eigenvalue weighted by molar-refractivity contribution is -0.132. The van der Waals surface area contributed by atoms with E-state index in [0.29, 0.717) is 11.8 Å². The average Bonchev–Trinajstić information content (AvgIpc) is 2.62. The van der Waals surface area contributed by atoms with Crippen LogP contribution in [-0.2, 0) is 4.79 Å². The molecule has 1 heterocycles. The summed E-state index contributed by atoms with van der Waals surface area (Å²) in [5.74, 6) is 1.90. The number of carbonyl (C=O) groups is 1. The van der Waals surface area contributed by atoms with Gasteiger partial charge < -0.3 is 14.5 Å². The number of nitrogens with zero attached hydrogens (tertiary/aromatic N) is 2. The zero-order valence-corrected chi connectivity index (χ0v) is 14.2. The maximum atomic E-state index is 12.5. The molecule has 23 heavy (non-hydrogen) atoms. The number of amides is 1. The second-order valence-electron chi connectivity index (χ2n) is 6.75. The fraction of sp³-hybridized carbons (Fsp3) is 0.632. The molecule has 0 bridgehead atoms. The molecule has 1 aromatic carbocycles. The Balaban J connectivity index is 1.52. The third kappa shape index (κ3) is 3.98. The SMILES string of the molecule is COc1ccccc1N1CCN(C(=O)CC2CCCCC2)CC1. The number of anilines is 1. The van der Waals surface area contributed by atoms with Gasteiger partial charge in [-0.3, -0.25) is 4.79 Å². The van der Waals surface area contributed by atoms with Crippen molar-refractivity contribution < 1.29 is 9.53 Å². The van der Waals surface area contributed by atoms with E-state index in [1.165, 1.54) is 32.1 Å². The van der Waals surface area contributed by atoms with Crippen molar-refractivity contribution in [3.05, 3.63) is 24.3 Å². The van der Waals surface area contributed by atoms with E-state index in [9.17, 15) is 4.79 Å². The average molecular weight is 316 g/mol. The molecule has 2 aliphatic rings. The van der Waals surface area contributed by atoms with Crippen LogP contribution in [0.4, 0.5) is 5.69 Å². The molecule has 4 nitrogen and oxygen atoms in total. The van der Waals surface area contributed by atoms with Gasteiger partial charge in [-0.2, -0.15) is 0 Å².